The van der Waals surface area contributed by atoms with E-state index in [0.717, 1.165) is 19.3 Å². The first-order valence-electron chi connectivity index (χ1n) is 11.2. The van der Waals surface area contributed by atoms with Gasteiger partial charge in [0.05, 0.1) is 18.1 Å². The first kappa shape index (κ1) is 25.2. The highest BCUT2D eigenvalue weighted by atomic mass is 35.5. The van der Waals surface area contributed by atoms with Crippen molar-refractivity contribution >= 4 is 46.7 Å². The van der Waals surface area contributed by atoms with Gasteiger partial charge in [-0.25, -0.2) is 4.79 Å². The third-order valence-corrected chi connectivity index (χ3v) is 5.58. The Bertz CT molecular complexity index is 1020. The highest BCUT2D eigenvalue weighted by molar-refractivity contribution is 6.30. The van der Waals surface area contributed by atoms with Gasteiger partial charge < -0.3 is 19.7 Å². The van der Waals surface area contributed by atoms with Crippen molar-refractivity contribution in [1.82, 2.24) is 0 Å². The van der Waals surface area contributed by atoms with Gasteiger partial charge in [0.1, 0.15) is 0 Å². The van der Waals surface area contributed by atoms with Crippen LogP contribution in [0.1, 0.15) is 43.0 Å². The van der Waals surface area contributed by atoms with Crippen molar-refractivity contribution in [3.8, 4) is 0 Å². The average Bonchev–Trinajstić information content (AvgIpc) is 3.23. The van der Waals surface area contributed by atoms with Gasteiger partial charge in [-0.2, -0.15) is 0 Å². The standard InChI is InChI=1S/C25H27ClN2O6/c1-2-3-4-13-33-24(31)17-5-11-21(12-6-17)28-15-18(14-23(28)30)25(32)34-16-22(29)27-20-9-7-19(26)8-10-20/h5-12,18H,2-4,13-16H2,1H3,(H,27,29)/t18-/m1/s1. The van der Waals surface area contributed by atoms with Gasteiger partial charge in [0, 0.05) is 29.4 Å². The molecule has 0 bridgehead atoms. The largest absolute Gasteiger partial charge is 0.462 e. The van der Waals surface area contributed by atoms with Crippen molar-refractivity contribution < 1.29 is 28.7 Å². The molecule has 3 rings (SSSR count). The number of amides is 2. The number of unbranched alkanes of at least 4 members (excludes halogenated alkanes) is 2. The molecule has 0 aliphatic carbocycles. The molecular weight excluding hydrogens is 460 g/mol. The summed E-state index contributed by atoms with van der Waals surface area (Å²) in [7, 11) is 0. The minimum atomic E-state index is -0.681. The number of benzene rings is 2. The van der Waals surface area contributed by atoms with E-state index in [9.17, 15) is 19.2 Å². The van der Waals surface area contributed by atoms with E-state index in [1.54, 1.807) is 48.5 Å². The average molecular weight is 487 g/mol. The zero-order chi connectivity index (χ0) is 24.5. The topological polar surface area (TPSA) is 102 Å². The molecule has 0 spiro atoms. The zero-order valence-electron chi connectivity index (χ0n) is 18.9. The Labute approximate surface area is 203 Å². The molecule has 2 amide bonds. The van der Waals surface area contributed by atoms with Crippen LogP contribution in [0.3, 0.4) is 0 Å². The fourth-order valence-electron chi connectivity index (χ4n) is 3.48. The fraction of sp³-hybridized carbons (Fsp3) is 0.360. The molecule has 1 aliphatic rings. The summed E-state index contributed by atoms with van der Waals surface area (Å²) >= 11 is 5.81. The lowest BCUT2D eigenvalue weighted by atomic mass is 10.1. The molecule has 180 valence electrons. The van der Waals surface area contributed by atoms with Gasteiger partial charge in [-0.15, -0.1) is 0 Å². The van der Waals surface area contributed by atoms with Crippen molar-refractivity contribution in [2.75, 3.05) is 30.0 Å². The van der Waals surface area contributed by atoms with Gasteiger partial charge in [0.25, 0.3) is 5.91 Å². The Hall–Kier alpha value is -3.39. The number of carbonyl (C=O) groups is 4. The normalized spacial score (nSPS) is 15.2. The molecule has 1 saturated heterocycles. The molecule has 2 aromatic rings. The molecule has 1 atom stereocenters. The van der Waals surface area contributed by atoms with Gasteiger partial charge in [-0.3, -0.25) is 14.4 Å². The van der Waals surface area contributed by atoms with Gasteiger partial charge in [0.2, 0.25) is 5.91 Å². The van der Waals surface area contributed by atoms with Gasteiger partial charge in [0.15, 0.2) is 6.61 Å². The maximum Gasteiger partial charge on any atom is 0.338 e. The monoisotopic (exact) mass is 486 g/mol. The van der Waals surface area contributed by atoms with E-state index in [1.165, 1.54) is 4.90 Å². The van der Waals surface area contributed by atoms with Crippen LogP contribution in [0, 0.1) is 5.92 Å². The lowest BCUT2D eigenvalue weighted by Gasteiger charge is -2.17. The number of hydrogen-bond donors (Lipinski definition) is 1. The number of hydrogen-bond acceptors (Lipinski definition) is 6. The number of rotatable bonds is 10. The molecule has 0 saturated carbocycles. The molecular formula is C25H27ClN2O6. The number of anilines is 2. The Morgan fingerprint density at radius 3 is 2.41 bits per heavy atom. The summed E-state index contributed by atoms with van der Waals surface area (Å²) < 4.78 is 10.3. The lowest BCUT2D eigenvalue weighted by Crippen LogP contribution is -2.28. The van der Waals surface area contributed by atoms with E-state index < -0.39 is 30.4 Å². The van der Waals surface area contributed by atoms with E-state index in [4.69, 9.17) is 21.1 Å². The molecule has 1 heterocycles. The molecule has 1 fully saturated rings. The molecule has 1 N–H and O–H groups in total. The van der Waals surface area contributed by atoms with Crippen LogP contribution in [0.2, 0.25) is 5.02 Å². The Kier molecular flexibility index (Phi) is 9.04. The summed E-state index contributed by atoms with van der Waals surface area (Å²) in [4.78, 5) is 50.4. The second kappa shape index (κ2) is 12.2. The highest BCUT2D eigenvalue weighted by Gasteiger charge is 2.36. The van der Waals surface area contributed by atoms with E-state index in [0.29, 0.717) is 28.6 Å². The van der Waals surface area contributed by atoms with Gasteiger partial charge in [-0.05, 0) is 55.0 Å². The van der Waals surface area contributed by atoms with E-state index in [2.05, 4.69) is 12.2 Å². The van der Waals surface area contributed by atoms with Gasteiger partial charge >= 0.3 is 11.9 Å². The van der Waals surface area contributed by atoms with Crippen molar-refractivity contribution in [2.24, 2.45) is 5.92 Å². The summed E-state index contributed by atoms with van der Waals surface area (Å²) in [5.41, 5.74) is 1.50. The van der Waals surface area contributed by atoms with Crippen LogP contribution in [0.4, 0.5) is 11.4 Å². The molecule has 0 aromatic heterocycles. The second-order valence-electron chi connectivity index (χ2n) is 7.96. The summed E-state index contributed by atoms with van der Waals surface area (Å²) in [5.74, 6) is -2.43. The third kappa shape index (κ3) is 7.05. The van der Waals surface area contributed by atoms with Crippen molar-refractivity contribution in [2.45, 2.75) is 32.6 Å². The van der Waals surface area contributed by atoms with E-state index >= 15 is 0 Å². The number of nitrogens with one attached hydrogen (secondary N) is 1. The minimum Gasteiger partial charge on any atom is -0.462 e. The number of nitrogens with zero attached hydrogens (tertiary/aromatic N) is 1. The quantitative estimate of drug-likeness (QED) is 0.398. The van der Waals surface area contributed by atoms with Crippen LogP contribution in [0.5, 0.6) is 0 Å². The SMILES string of the molecule is CCCCCOC(=O)c1ccc(N2C[C@H](C(=O)OCC(=O)Nc3ccc(Cl)cc3)CC2=O)cc1. The summed E-state index contributed by atoms with van der Waals surface area (Å²) in [5, 5.41) is 3.14. The summed E-state index contributed by atoms with van der Waals surface area (Å²) in [6, 6.07) is 13.0. The van der Waals surface area contributed by atoms with Crippen LogP contribution in [-0.2, 0) is 23.9 Å². The zero-order valence-corrected chi connectivity index (χ0v) is 19.7. The molecule has 8 nitrogen and oxygen atoms in total. The smallest absolute Gasteiger partial charge is 0.338 e. The Morgan fingerprint density at radius 2 is 1.74 bits per heavy atom. The van der Waals surface area contributed by atoms with E-state index in [1.807, 2.05) is 0 Å². The maximum absolute atomic E-state index is 12.5. The number of halogens is 1. The van der Waals surface area contributed by atoms with Crippen molar-refractivity contribution in [1.29, 1.82) is 0 Å². The second-order valence-corrected chi connectivity index (χ2v) is 8.39. The predicted octanol–water partition coefficient (Wildman–Crippen LogP) is 4.22. The first-order chi connectivity index (χ1) is 16.4. The summed E-state index contributed by atoms with van der Waals surface area (Å²) in [6.45, 7) is 2.13. The maximum atomic E-state index is 12.5. The molecule has 9 heteroatoms. The molecule has 1 aliphatic heterocycles. The van der Waals surface area contributed by atoms with Crippen LogP contribution >= 0.6 is 11.6 Å². The first-order valence-corrected chi connectivity index (χ1v) is 11.5. The highest BCUT2D eigenvalue weighted by Crippen LogP contribution is 2.26. The van der Waals surface area contributed by atoms with Crippen molar-refractivity contribution in [3.63, 3.8) is 0 Å². The molecule has 0 radical (unpaired) electrons. The number of ether oxygens (including phenoxy) is 2. The summed E-state index contributed by atoms with van der Waals surface area (Å²) in [6.07, 6.45) is 2.85. The Balaban J connectivity index is 1.48. The number of carbonyl (C=O) groups excluding carboxylic acids is 4. The van der Waals surface area contributed by atoms with E-state index in [-0.39, 0.29) is 18.9 Å². The molecule has 0 unspecified atom stereocenters. The van der Waals surface area contributed by atoms with Gasteiger partial charge in [-0.1, -0.05) is 31.4 Å². The minimum absolute atomic E-state index is 0.0150. The fourth-order valence-corrected chi connectivity index (χ4v) is 3.60. The van der Waals surface area contributed by atoms with Crippen LogP contribution in [0.25, 0.3) is 0 Å². The van der Waals surface area contributed by atoms with Crippen molar-refractivity contribution in [3.05, 3.63) is 59.1 Å². The molecule has 2 aromatic carbocycles. The Morgan fingerprint density at radius 1 is 1.03 bits per heavy atom. The molecule has 34 heavy (non-hydrogen) atoms. The predicted molar refractivity (Wildman–Crippen MR) is 128 cm³/mol. The third-order valence-electron chi connectivity index (χ3n) is 5.33. The van der Waals surface area contributed by atoms with Crippen LogP contribution in [-0.4, -0.2) is 43.5 Å². The van der Waals surface area contributed by atoms with Crippen LogP contribution in [0.15, 0.2) is 48.5 Å². The van der Waals surface area contributed by atoms with Crippen LogP contribution < -0.4 is 10.2 Å². The number of esters is 2. The lowest BCUT2D eigenvalue weighted by molar-refractivity contribution is -0.151.